The van der Waals surface area contributed by atoms with Crippen LogP contribution in [0.3, 0.4) is 0 Å². The lowest BCUT2D eigenvalue weighted by Crippen LogP contribution is -2.37. The van der Waals surface area contributed by atoms with Crippen molar-refractivity contribution in [2.24, 2.45) is 5.92 Å². The number of urea groups is 1. The van der Waals surface area contributed by atoms with E-state index in [0.29, 0.717) is 18.2 Å². The first-order valence-electron chi connectivity index (χ1n) is 6.95. The van der Waals surface area contributed by atoms with Gasteiger partial charge in [-0.25, -0.2) is 9.18 Å². The fraction of sp³-hybridized carbons (Fsp3) is 0.533. The van der Waals surface area contributed by atoms with Gasteiger partial charge in [-0.1, -0.05) is 19.9 Å². The lowest BCUT2D eigenvalue weighted by Gasteiger charge is -2.14. The molecule has 0 saturated carbocycles. The van der Waals surface area contributed by atoms with Gasteiger partial charge < -0.3 is 20.5 Å². The molecule has 1 aromatic carbocycles. The van der Waals surface area contributed by atoms with Gasteiger partial charge in [0, 0.05) is 18.8 Å². The summed E-state index contributed by atoms with van der Waals surface area (Å²) in [5.74, 6) is -0.0255. The van der Waals surface area contributed by atoms with Crippen LogP contribution >= 0.6 is 0 Å². The number of ether oxygens (including phenoxy) is 1. The number of amides is 2. The second kappa shape index (κ2) is 8.59. The van der Waals surface area contributed by atoms with Gasteiger partial charge in [0.05, 0.1) is 12.7 Å². The number of aryl methyl sites for hydroxylation is 1. The van der Waals surface area contributed by atoms with Crippen molar-refractivity contribution in [3.05, 3.63) is 29.6 Å². The Labute approximate surface area is 124 Å². The molecule has 0 radical (unpaired) electrons. The average Bonchev–Trinajstić information content (AvgIpc) is 2.40. The average molecular weight is 298 g/mol. The molecule has 0 aliphatic heterocycles. The van der Waals surface area contributed by atoms with Crippen molar-refractivity contribution in [2.75, 3.05) is 25.1 Å². The number of aliphatic hydroxyl groups is 1. The maximum absolute atomic E-state index is 13.1. The molecule has 1 unspecified atom stereocenters. The molecule has 0 aliphatic carbocycles. The summed E-state index contributed by atoms with van der Waals surface area (Å²) in [5, 5.41) is 14.7. The highest BCUT2D eigenvalue weighted by molar-refractivity contribution is 5.90. The van der Waals surface area contributed by atoms with Crippen molar-refractivity contribution in [3.8, 4) is 0 Å². The highest BCUT2D eigenvalue weighted by atomic mass is 19.1. The summed E-state index contributed by atoms with van der Waals surface area (Å²) < 4.78 is 18.4. The number of hydrogen-bond acceptors (Lipinski definition) is 3. The predicted octanol–water partition coefficient (Wildman–Crippen LogP) is 2.29. The lowest BCUT2D eigenvalue weighted by molar-refractivity contribution is 0.0274. The second-order valence-electron chi connectivity index (χ2n) is 5.38. The van der Waals surface area contributed by atoms with E-state index in [1.165, 1.54) is 12.1 Å². The topological polar surface area (TPSA) is 70.6 Å². The summed E-state index contributed by atoms with van der Waals surface area (Å²) in [6, 6.07) is 3.66. The van der Waals surface area contributed by atoms with E-state index >= 15 is 0 Å². The molecule has 21 heavy (non-hydrogen) atoms. The van der Waals surface area contributed by atoms with Gasteiger partial charge in [0.25, 0.3) is 0 Å². The van der Waals surface area contributed by atoms with E-state index in [4.69, 9.17) is 4.74 Å². The molecule has 0 aromatic heterocycles. The Kier molecular flexibility index (Phi) is 7.11. The standard InChI is InChI=1S/C15H23FN2O3/c1-10(2)8-21-9-13(19)7-17-15(20)18-14-6-12(16)5-4-11(14)3/h4-6,10,13,19H,7-9H2,1-3H3,(H2,17,18,20). The van der Waals surface area contributed by atoms with E-state index in [0.717, 1.165) is 5.56 Å². The number of carbonyl (C=O) groups is 1. The number of rotatable bonds is 7. The van der Waals surface area contributed by atoms with Crippen LogP contribution in [0, 0.1) is 18.7 Å². The third-order valence-electron chi connectivity index (χ3n) is 2.71. The zero-order valence-corrected chi connectivity index (χ0v) is 12.6. The van der Waals surface area contributed by atoms with Crippen molar-refractivity contribution in [1.82, 2.24) is 5.32 Å². The van der Waals surface area contributed by atoms with Crippen LogP contribution in [-0.2, 0) is 4.74 Å². The van der Waals surface area contributed by atoms with Gasteiger partial charge in [-0.15, -0.1) is 0 Å². The van der Waals surface area contributed by atoms with Gasteiger partial charge in [-0.2, -0.15) is 0 Å². The van der Waals surface area contributed by atoms with Crippen molar-refractivity contribution >= 4 is 11.7 Å². The van der Waals surface area contributed by atoms with Crippen LogP contribution in [0.15, 0.2) is 18.2 Å². The minimum Gasteiger partial charge on any atom is -0.389 e. The number of benzene rings is 1. The molecule has 0 saturated heterocycles. The van der Waals surface area contributed by atoms with Gasteiger partial charge >= 0.3 is 6.03 Å². The first-order valence-corrected chi connectivity index (χ1v) is 6.95. The summed E-state index contributed by atoms with van der Waals surface area (Å²) in [7, 11) is 0. The second-order valence-corrected chi connectivity index (χ2v) is 5.38. The number of aliphatic hydroxyl groups excluding tert-OH is 1. The molecule has 5 nitrogen and oxygen atoms in total. The maximum Gasteiger partial charge on any atom is 0.319 e. The highest BCUT2D eigenvalue weighted by Crippen LogP contribution is 2.15. The van der Waals surface area contributed by atoms with Gasteiger partial charge in [-0.3, -0.25) is 0 Å². The molecule has 3 N–H and O–H groups in total. The Morgan fingerprint density at radius 1 is 1.38 bits per heavy atom. The molecule has 0 spiro atoms. The summed E-state index contributed by atoms with van der Waals surface area (Å²) in [6.45, 7) is 6.59. The van der Waals surface area contributed by atoms with E-state index < -0.39 is 18.0 Å². The summed E-state index contributed by atoms with van der Waals surface area (Å²) >= 11 is 0. The molecule has 0 bridgehead atoms. The smallest absolute Gasteiger partial charge is 0.319 e. The third kappa shape index (κ3) is 7.06. The van der Waals surface area contributed by atoms with E-state index in [9.17, 15) is 14.3 Å². The first-order chi connectivity index (χ1) is 9.88. The van der Waals surface area contributed by atoms with Crippen LogP contribution in [0.25, 0.3) is 0 Å². The number of hydrogen-bond donors (Lipinski definition) is 3. The lowest BCUT2D eigenvalue weighted by atomic mass is 10.2. The van der Waals surface area contributed by atoms with Crippen molar-refractivity contribution in [2.45, 2.75) is 26.9 Å². The zero-order valence-electron chi connectivity index (χ0n) is 12.6. The minimum atomic E-state index is -0.775. The maximum atomic E-state index is 13.1. The van der Waals surface area contributed by atoms with E-state index in [1.807, 2.05) is 13.8 Å². The summed E-state index contributed by atoms with van der Waals surface area (Å²) in [6.07, 6.45) is -0.775. The Morgan fingerprint density at radius 3 is 2.76 bits per heavy atom. The van der Waals surface area contributed by atoms with E-state index in [1.54, 1.807) is 13.0 Å². The molecule has 118 valence electrons. The van der Waals surface area contributed by atoms with Gasteiger partial charge in [0.1, 0.15) is 5.82 Å². The molecule has 2 amide bonds. The Hall–Kier alpha value is -1.66. The minimum absolute atomic E-state index is 0.0677. The van der Waals surface area contributed by atoms with Gasteiger partial charge in [0.2, 0.25) is 0 Å². The molecule has 1 atom stereocenters. The fourth-order valence-electron chi connectivity index (χ4n) is 1.60. The fourth-order valence-corrected chi connectivity index (χ4v) is 1.60. The predicted molar refractivity (Wildman–Crippen MR) is 79.8 cm³/mol. The number of carbonyl (C=O) groups excluding carboxylic acids is 1. The van der Waals surface area contributed by atoms with Crippen molar-refractivity contribution in [3.63, 3.8) is 0 Å². The molecule has 1 aromatic rings. The summed E-state index contributed by atoms with van der Waals surface area (Å²) in [4.78, 5) is 11.7. The Morgan fingerprint density at radius 2 is 2.10 bits per heavy atom. The molecule has 6 heteroatoms. The van der Waals surface area contributed by atoms with Crippen LogP contribution in [-0.4, -0.2) is 37.0 Å². The van der Waals surface area contributed by atoms with E-state index in [-0.39, 0.29) is 13.2 Å². The normalized spacial score (nSPS) is 12.3. The highest BCUT2D eigenvalue weighted by Gasteiger charge is 2.09. The monoisotopic (exact) mass is 298 g/mol. The van der Waals surface area contributed by atoms with E-state index in [2.05, 4.69) is 10.6 Å². The van der Waals surface area contributed by atoms with Gasteiger partial charge in [0.15, 0.2) is 0 Å². The van der Waals surface area contributed by atoms with Crippen LogP contribution < -0.4 is 10.6 Å². The van der Waals surface area contributed by atoms with Crippen LogP contribution in [0.4, 0.5) is 14.9 Å². The third-order valence-corrected chi connectivity index (χ3v) is 2.71. The summed E-state index contributed by atoms with van der Waals surface area (Å²) in [5.41, 5.74) is 1.16. The number of anilines is 1. The largest absolute Gasteiger partial charge is 0.389 e. The van der Waals surface area contributed by atoms with Crippen LogP contribution in [0.5, 0.6) is 0 Å². The molecule has 0 aliphatic rings. The Balaban J connectivity index is 2.32. The molecular formula is C15H23FN2O3. The zero-order chi connectivity index (χ0) is 15.8. The molecule has 0 fully saturated rings. The quantitative estimate of drug-likeness (QED) is 0.723. The molecular weight excluding hydrogens is 275 g/mol. The van der Waals surface area contributed by atoms with Crippen LogP contribution in [0.1, 0.15) is 19.4 Å². The SMILES string of the molecule is Cc1ccc(F)cc1NC(=O)NCC(O)COCC(C)C. The van der Waals surface area contributed by atoms with Gasteiger partial charge in [-0.05, 0) is 30.5 Å². The molecule has 1 rings (SSSR count). The molecule has 0 heterocycles. The number of nitrogens with one attached hydrogen (secondary N) is 2. The Bertz CT molecular complexity index is 466. The van der Waals surface area contributed by atoms with Crippen LogP contribution in [0.2, 0.25) is 0 Å². The number of halogens is 1. The first kappa shape index (κ1) is 17.4. The van der Waals surface area contributed by atoms with Crippen molar-refractivity contribution < 1.29 is 19.0 Å². The van der Waals surface area contributed by atoms with Crippen molar-refractivity contribution in [1.29, 1.82) is 0 Å².